The van der Waals surface area contributed by atoms with E-state index in [-0.39, 0.29) is 0 Å². The van der Waals surface area contributed by atoms with Crippen LogP contribution in [0.2, 0.25) is 0 Å². The minimum absolute atomic E-state index is 0.320. The number of hydrogen-bond acceptors (Lipinski definition) is 3. The van der Waals surface area contributed by atoms with Crippen LogP contribution in [0.4, 0.5) is 5.82 Å². The van der Waals surface area contributed by atoms with Gasteiger partial charge in [0, 0.05) is 22.7 Å². The Kier molecular flexibility index (Phi) is 3.34. The fourth-order valence-electron chi connectivity index (χ4n) is 3.78. The molecule has 6 nitrogen and oxygen atoms in total. The van der Waals surface area contributed by atoms with E-state index in [1.54, 1.807) is 0 Å². The van der Waals surface area contributed by atoms with E-state index in [0.29, 0.717) is 22.4 Å². The summed E-state index contributed by atoms with van der Waals surface area (Å²) in [7, 11) is 0. The summed E-state index contributed by atoms with van der Waals surface area (Å²) < 4.78 is 1.85. The lowest BCUT2D eigenvalue weighted by atomic mass is 10.0. The Bertz CT molecular complexity index is 1210. The largest absolute Gasteiger partial charge is 0.384 e. The van der Waals surface area contributed by atoms with Crippen molar-refractivity contribution < 1.29 is 4.79 Å². The Morgan fingerprint density at radius 2 is 1.88 bits per heavy atom. The van der Waals surface area contributed by atoms with Gasteiger partial charge in [-0.2, -0.15) is 0 Å². The molecule has 0 spiro atoms. The van der Waals surface area contributed by atoms with E-state index in [9.17, 15) is 4.79 Å². The highest BCUT2D eigenvalue weighted by atomic mass is 16.1. The SMILES string of the molecule is Cc1cc2c(C(N)=O)c(N)n(-c3c(C)cc4cc[nH]c4c3C)c2nc1C. The molecule has 5 N–H and O–H groups in total. The Morgan fingerprint density at radius 1 is 1.15 bits per heavy atom. The van der Waals surface area contributed by atoms with E-state index >= 15 is 0 Å². The number of fused-ring (bicyclic) bond motifs is 2. The fourth-order valence-corrected chi connectivity index (χ4v) is 3.78. The molecular formula is C20H21N5O. The van der Waals surface area contributed by atoms with E-state index in [0.717, 1.165) is 39.0 Å². The number of H-pyrrole nitrogens is 1. The number of anilines is 1. The number of amides is 1. The first-order valence-corrected chi connectivity index (χ1v) is 8.46. The number of rotatable bonds is 2. The van der Waals surface area contributed by atoms with Gasteiger partial charge in [0.05, 0.1) is 16.8 Å². The summed E-state index contributed by atoms with van der Waals surface area (Å²) in [6.45, 7) is 7.98. The second-order valence-corrected chi connectivity index (χ2v) is 6.83. The summed E-state index contributed by atoms with van der Waals surface area (Å²) in [5.74, 6) is -0.227. The molecule has 0 aliphatic carbocycles. The quantitative estimate of drug-likeness (QED) is 0.517. The lowest BCUT2D eigenvalue weighted by Gasteiger charge is -2.15. The molecule has 132 valence electrons. The number of aromatic amines is 1. The monoisotopic (exact) mass is 347 g/mol. The van der Waals surface area contributed by atoms with E-state index in [4.69, 9.17) is 16.5 Å². The van der Waals surface area contributed by atoms with Gasteiger partial charge in [-0.25, -0.2) is 4.98 Å². The molecule has 0 atom stereocenters. The van der Waals surface area contributed by atoms with Crippen LogP contribution < -0.4 is 11.5 Å². The summed E-state index contributed by atoms with van der Waals surface area (Å²) in [6.07, 6.45) is 1.92. The number of benzene rings is 1. The molecule has 4 aromatic rings. The molecule has 0 aliphatic heterocycles. The molecule has 3 heterocycles. The average Bonchev–Trinajstić information content (AvgIpc) is 3.12. The van der Waals surface area contributed by atoms with Gasteiger partial charge in [-0.15, -0.1) is 0 Å². The smallest absolute Gasteiger partial charge is 0.253 e. The fraction of sp³-hybridized carbons (Fsp3) is 0.200. The number of pyridine rings is 1. The lowest BCUT2D eigenvalue weighted by Crippen LogP contribution is -2.14. The van der Waals surface area contributed by atoms with Crippen LogP contribution in [0.3, 0.4) is 0 Å². The molecule has 0 saturated heterocycles. The number of nitrogens with two attached hydrogens (primary N) is 2. The topological polar surface area (TPSA) is 103 Å². The van der Waals surface area contributed by atoms with Gasteiger partial charge < -0.3 is 16.5 Å². The molecule has 1 aromatic carbocycles. The first kappa shape index (κ1) is 16.2. The molecule has 0 fully saturated rings. The number of carbonyl (C=O) groups excluding carboxylic acids is 1. The summed E-state index contributed by atoms with van der Waals surface area (Å²) in [6, 6.07) is 6.07. The summed E-state index contributed by atoms with van der Waals surface area (Å²) in [5, 5.41) is 1.82. The second-order valence-electron chi connectivity index (χ2n) is 6.83. The Labute approximate surface area is 150 Å². The van der Waals surface area contributed by atoms with Crippen molar-refractivity contribution in [2.24, 2.45) is 5.73 Å². The number of aromatic nitrogens is 3. The van der Waals surface area contributed by atoms with Gasteiger partial charge in [-0.1, -0.05) is 0 Å². The first-order valence-electron chi connectivity index (χ1n) is 8.46. The van der Waals surface area contributed by atoms with Crippen molar-refractivity contribution in [3.8, 4) is 5.69 Å². The van der Waals surface area contributed by atoms with Crippen molar-refractivity contribution in [3.05, 3.63) is 52.3 Å². The number of hydrogen-bond donors (Lipinski definition) is 3. The molecule has 0 bridgehead atoms. The Morgan fingerprint density at radius 3 is 2.58 bits per heavy atom. The highest BCUT2D eigenvalue weighted by molar-refractivity contribution is 6.11. The minimum Gasteiger partial charge on any atom is -0.384 e. The van der Waals surface area contributed by atoms with Gasteiger partial charge in [-0.3, -0.25) is 9.36 Å². The molecule has 26 heavy (non-hydrogen) atoms. The van der Waals surface area contributed by atoms with Gasteiger partial charge in [0.25, 0.3) is 5.91 Å². The minimum atomic E-state index is -0.549. The van der Waals surface area contributed by atoms with Crippen molar-refractivity contribution >= 4 is 33.7 Å². The molecule has 0 aliphatic rings. The van der Waals surface area contributed by atoms with Gasteiger partial charge in [0.1, 0.15) is 11.5 Å². The number of carbonyl (C=O) groups is 1. The third kappa shape index (κ3) is 2.05. The second kappa shape index (κ2) is 5.36. The van der Waals surface area contributed by atoms with Crippen LogP contribution in [-0.4, -0.2) is 20.4 Å². The third-order valence-corrected chi connectivity index (χ3v) is 5.15. The van der Waals surface area contributed by atoms with Crippen molar-refractivity contribution in [1.82, 2.24) is 14.5 Å². The average molecular weight is 347 g/mol. The molecular weight excluding hydrogens is 326 g/mol. The Balaban J connectivity index is 2.21. The van der Waals surface area contributed by atoms with Crippen LogP contribution in [0.1, 0.15) is 32.7 Å². The molecule has 3 aromatic heterocycles. The molecule has 0 saturated carbocycles. The normalized spacial score (nSPS) is 11.5. The molecule has 1 amide bonds. The van der Waals surface area contributed by atoms with E-state index in [2.05, 4.69) is 11.1 Å². The lowest BCUT2D eigenvalue weighted by molar-refractivity contribution is 0.100. The van der Waals surface area contributed by atoms with Crippen LogP contribution >= 0.6 is 0 Å². The van der Waals surface area contributed by atoms with Crippen molar-refractivity contribution in [2.45, 2.75) is 27.7 Å². The van der Waals surface area contributed by atoms with E-state index < -0.39 is 5.91 Å². The van der Waals surface area contributed by atoms with E-state index in [1.807, 2.05) is 50.6 Å². The van der Waals surface area contributed by atoms with Crippen LogP contribution in [0, 0.1) is 27.7 Å². The van der Waals surface area contributed by atoms with Crippen molar-refractivity contribution in [1.29, 1.82) is 0 Å². The number of nitrogens with one attached hydrogen (secondary N) is 1. The van der Waals surface area contributed by atoms with Gasteiger partial charge in [-0.05, 0) is 62.6 Å². The third-order valence-electron chi connectivity index (χ3n) is 5.15. The van der Waals surface area contributed by atoms with Crippen LogP contribution in [0.5, 0.6) is 0 Å². The maximum atomic E-state index is 12.1. The number of primary amides is 1. The van der Waals surface area contributed by atoms with Crippen LogP contribution in [0.15, 0.2) is 24.4 Å². The zero-order chi connectivity index (χ0) is 18.7. The van der Waals surface area contributed by atoms with E-state index in [1.165, 1.54) is 0 Å². The summed E-state index contributed by atoms with van der Waals surface area (Å²) >= 11 is 0. The number of aryl methyl sites for hydroxylation is 4. The highest BCUT2D eigenvalue weighted by Gasteiger charge is 2.24. The summed E-state index contributed by atoms with van der Waals surface area (Å²) in [4.78, 5) is 20.1. The molecule has 0 radical (unpaired) electrons. The summed E-state index contributed by atoms with van der Waals surface area (Å²) in [5.41, 5.74) is 19.0. The maximum absolute atomic E-state index is 12.1. The molecule has 6 heteroatoms. The van der Waals surface area contributed by atoms with Crippen LogP contribution in [0.25, 0.3) is 27.6 Å². The molecule has 0 unspecified atom stereocenters. The van der Waals surface area contributed by atoms with Gasteiger partial charge in [0.15, 0.2) is 0 Å². The molecule has 4 rings (SSSR count). The zero-order valence-electron chi connectivity index (χ0n) is 15.3. The highest BCUT2D eigenvalue weighted by Crippen LogP contribution is 2.36. The predicted molar refractivity (Wildman–Crippen MR) is 105 cm³/mol. The first-order chi connectivity index (χ1) is 12.3. The number of nitrogen functional groups attached to an aromatic ring is 1. The Hall–Kier alpha value is -3.28. The zero-order valence-corrected chi connectivity index (χ0v) is 15.3. The van der Waals surface area contributed by atoms with Gasteiger partial charge in [0.2, 0.25) is 0 Å². The maximum Gasteiger partial charge on any atom is 0.253 e. The van der Waals surface area contributed by atoms with Crippen molar-refractivity contribution in [2.75, 3.05) is 5.73 Å². The van der Waals surface area contributed by atoms with Crippen molar-refractivity contribution in [3.63, 3.8) is 0 Å². The van der Waals surface area contributed by atoms with Gasteiger partial charge >= 0.3 is 0 Å². The number of nitrogens with zero attached hydrogens (tertiary/aromatic N) is 2. The predicted octanol–water partition coefficient (Wildman–Crippen LogP) is 3.42. The van der Waals surface area contributed by atoms with Crippen LogP contribution in [-0.2, 0) is 0 Å². The standard InChI is InChI=1S/C20H21N5O/c1-9-8-14-15(19(22)26)18(21)25(20(14)24-12(9)4)17-10(2)7-13-5-6-23-16(13)11(17)3/h5-8,23H,21H2,1-4H3,(H2,22,26).